The summed E-state index contributed by atoms with van der Waals surface area (Å²) in [5, 5.41) is 13.6. The summed E-state index contributed by atoms with van der Waals surface area (Å²) in [5.74, 6) is 0.111. The van der Waals surface area contributed by atoms with E-state index in [1.807, 2.05) is 18.2 Å². The van der Waals surface area contributed by atoms with Crippen molar-refractivity contribution in [3.63, 3.8) is 0 Å². The Morgan fingerprint density at radius 1 is 1.14 bits per heavy atom. The van der Waals surface area contributed by atoms with Gasteiger partial charge in [0.2, 0.25) is 5.91 Å². The second kappa shape index (κ2) is 9.20. The number of Topliss-reactive ketones (excluding diaryl/α,β-unsaturated/α-hetero) is 1. The number of rotatable bonds is 7. The number of hydrogen-bond donors (Lipinski definition) is 2. The highest BCUT2D eigenvalue weighted by Gasteiger charge is 2.34. The number of piperidine rings is 1. The van der Waals surface area contributed by atoms with Crippen molar-refractivity contribution in [2.75, 3.05) is 25.5 Å². The van der Waals surface area contributed by atoms with Gasteiger partial charge in [-0.05, 0) is 36.6 Å². The van der Waals surface area contributed by atoms with Gasteiger partial charge in [-0.2, -0.15) is 0 Å². The van der Waals surface area contributed by atoms with E-state index in [2.05, 4.69) is 22.3 Å². The van der Waals surface area contributed by atoms with Crippen LogP contribution in [-0.4, -0.2) is 47.5 Å². The SMILES string of the molecule is COc1ccc(C(=O)CC2(O)CCN(Cc3ccccc3)CC2)cc1NC(C)=O. The lowest BCUT2D eigenvalue weighted by molar-refractivity contribution is -0.114. The van der Waals surface area contributed by atoms with Crippen LogP contribution in [0.1, 0.15) is 42.1 Å². The van der Waals surface area contributed by atoms with Crippen molar-refractivity contribution in [2.45, 2.75) is 38.3 Å². The summed E-state index contributed by atoms with van der Waals surface area (Å²) in [5.41, 5.74) is 1.15. The number of amides is 1. The van der Waals surface area contributed by atoms with Gasteiger partial charge < -0.3 is 15.2 Å². The number of carbonyl (C=O) groups is 2. The molecule has 0 spiro atoms. The van der Waals surface area contributed by atoms with Crippen molar-refractivity contribution in [3.8, 4) is 5.75 Å². The van der Waals surface area contributed by atoms with Crippen molar-refractivity contribution in [1.82, 2.24) is 4.90 Å². The minimum absolute atomic E-state index is 0.0675. The van der Waals surface area contributed by atoms with Gasteiger partial charge in [0.1, 0.15) is 5.75 Å². The van der Waals surface area contributed by atoms with Crippen LogP contribution in [0.3, 0.4) is 0 Å². The normalized spacial score (nSPS) is 16.2. The number of anilines is 1. The fourth-order valence-corrected chi connectivity index (χ4v) is 3.72. The highest BCUT2D eigenvalue weighted by atomic mass is 16.5. The first-order valence-corrected chi connectivity index (χ1v) is 9.86. The summed E-state index contributed by atoms with van der Waals surface area (Å²) in [4.78, 5) is 26.5. The zero-order chi connectivity index (χ0) is 20.9. The van der Waals surface area contributed by atoms with E-state index in [-0.39, 0.29) is 18.1 Å². The maximum Gasteiger partial charge on any atom is 0.221 e. The lowest BCUT2D eigenvalue weighted by atomic mass is 9.85. The molecule has 2 aromatic carbocycles. The Morgan fingerprint density at radius 2 is 1.83 bits per heavy atom. The predicted molar refractivity (Wildman–Crippen MR) is 112 cm³/mol. The Bertz CT molecular complexity index is 858. The quantitative estimate of drug-likeness (QED) is 0.703. The summed E-state index contributed by atoms with van der Waals surface area (Å²) in [6.07, 6.45) is 1.18. The first-order chi connectivity index (χ1) is 13.9. The van der Waals surface area contributed by atoms with Crippen molar-refractivity contribution >= 4 is 17.4 Å². The number of benzene rings is 2. The van der Waals surface area contributed by atoms with Crippen molar-refractivity contribution < 1.29 is 19.4 Å². The molecule has 0 atom stereocenters. The van der Waals surface area contributed by atoms with Gasteiger partial charge in [-0.1, -0.05) is 30.3 Å². The molecule has 1 fully saturated rings. The molecule has 154 valence electrons. The molecule has 0 aliphatic carbocycles. The van der Waals surface area contributed by atoms with Gasteiger partial charge in [0.25, 0.3) is 0 Å². The van der Waals surface area contributed by atoms with E-state index >= 15 is 0 Å². The average molecular weight is 396 g/mol. The van der Waals surface area contributed by atoms with Crippen molar-refractivity contribution in [1.29, 1.82) is 0 Å². The maximum atomic E-state index is 12.8. The molecule has 1 aliphatic rings. The fourth-order valence-electron chi connectivity index (χ4n) is 3.72. The molecule has 1 aliphatic heterocycles. The number of carbonyl (C=O) groups excluding carboxylic acids is 2. The largest absolute Gasteiger partial charge is 0.495 e. The van der Waals surface area contributed by atoms with E-state index in [1.54, 1.807) is 18.2 Å². The molecule has 0 aromatic heterocycles. The molecule has 6 nitrogen and oxygen atoms in total. The van der Waals surface area contributed by atoms with E-state index in [0.717, 1.165) is 19.6 Å². The van der Waals surface area contributed by atoms with E-state index in [4.69, 9.17) is 4.74 Å². The average Bonchev–Trinajstić information content (AvgIpc) is 2.70. The van der Waals surface area contributed by atoms with E-state index in [1.165, 1.54) is 19.6 Å². The van der Waals surface area contributed by atoms with Crippen LogP contribution in [-0.2, 0) is 11.3 Å². The molecule has 1 amide bonds. The second-order valence-electron chi connectivity index (χ2n) is 7.68. The van der Waals surface area contributed by atoms with Gasteiger partial charge in [-0.15, -0.1) is 0 Å². The molecule has 2 N–H and O–H groups in total. The van der Waals surface area contributed by atoms with Crippen molar-refractivity contribution in [2.24, 2.45) is 0 Å². The Balaban J connectivity index is 1.61. The summed E-state index contributed by atoms with van der Waals surface area (Å²) < 4.78 is 5.23. The van der Waals surface area contributed by atoms with Crippen LogP contribution in [0.5, 0.6) is 5.75 Å². The highest BCUT2D eigenvalue weighted by Crippen LogP contribution is 2.30. The minimum atomic E-state index is -1.00. The molecule has 1 heterocycles. The highest BCUT2D eigenvalue weighted by molar-refractivity contribution is 5.99. The zero-order valence-corrected chi connectivity index (χ0v) is 17.0. The van der Waals surface area contributed by atoms with Gasteiger partial charge in [0.05, 0.1) is 18.4 Å². The maximum absolute atomic E-state index is 12.8. The number of ether oxygens (including phenoxy) is 1. The van der Waals surface area contributed by atoms with Crippen LogP contribution in [0.2, 0.25) is 0 Å². The molecule has 3 rings (SSSR count). The number of aliphatic hydroxyl groups is 1. The molecule has 1 saturated heterocycles. The standard InChI is InChI=1S/C23H28N2O4/c1-17(26)24-20-14-19(8-9-22(20)29-2)21(27)15-23(28)10-12-25(13-11-23)16-18-6-4-3-5-7-18/h3-9,14,28H,10-13,15-16H2,1-2H3,(H,24,26). The first kappa shape index (κ1) is 21.0. The third kappa shape index (κ3) is 5.65. The minimum Gasteiger partial charge on any atom is -0.495 e. The summed E-state index contributed by atoms with van der Waals surface area (Å²) >= 11 is 0. The Kier molecular flexibility index (Phi) is 6.67. The summed E-state index contributed by atoms with van der Waals surface area (Å²) in [6, 6.07) is 15.2. The molecular formula is C23H28N2O4. The molecule has 29 heavy (non-hydrogen) atoms. The monoisotopic (exact) mass is 396 g/mol. The number of likely N-dealkylation sites (tertiary alicyclic amines) is 1. The summed E-state index contributed by atoms with van der Waals surface area (Å²) in [7, 11) is 1.51. The number of hydrogen-bond acceptors (Lipinski definition) is 5. The smallest absolute Gasteiger partial charge is 0.221 e. The molecule has 0 saturated carbocycles. The molecule has 6 heteroatoms. The third-order valence-corrected chi connectivity index (χ3v) is 5.36. The lowest BCUT2D eigenvalue weighted by Crippen LogP contribution is -2.45. The van der Waals surface area contributed by atoms with Crippen LogP contribution in [0.15, 0.2) is 48.5 Å². The molecule has 0 bridgehead atoms. The van der Waals surface area contributed by atoms with E-state index in [0.29, 0.717) is 29.8 Å². The second-order valence-corrected chi connectivity index (χ2v) is 7.68. The van der Waals surface area contributed by atoms with Gasteiger partial charge in [-0.3, -0.25) is 14.5 Å². The number of nitrogens with one attached hydrogen (secondary N) is 1. The molecular weight excluding hydrogens is 368 g/mol. The van der Waals surface area contributed by atoms with Crippen molar-refractivity contribution in [3.05, 3.63) is 59.7 Å². The van der Waals surface area contributed by atoms with E-state index in [9.17, 15) is 14.7 Å². The topological polar surface area (TPSA) is 78.9 Å². The van der Waals surface area contributed by atoms with Crippen LogP contribution >= 0.6 is 0 Å². The van der Waals surface area contributed by atoms with Gasteiger partial charge >= 0.3 is 0 Å². The van der Waals surface area contributed by atoms with Crippen LogP contribution in [0.4, 0.5) is 5.69 Å². The molecule has 0 radical (unpaired) electrons. The zero-order valence-electron chi connectivity index (χ0n) is 17.0. The molecule has 2 aromatic rings. The molecule has 0 unspecified atom stereocenters. The number of ketones is 1. The number of nitrogens with zero attached hydrogens (tertiary/aromatic N) is 1. The fraction of sp³-hybridized carbons (Fsp3) is 0.391. The van der Waals surface area contributed by atoms with Crippen LogP contribution < -0.4 is 10.1 Å². The Labute approximate surface area is 171 Å². The van der Waals surface area contributed by atoms with E-state index < -0.39 is 5.60 Å². The summed E-state index contributed by atoms with van der Waals surface area (Å²) in [6.45, 7) is 3.75. The number of methoxy groups -OCH3 is 1. The third-order valence-electron chi connectivity index (χ3n) is 5.36. The van der Waals surface area contributed by atoms with Crippen LogP contribution in [0, 0.1) is 0 Å². The van der Waals surface area contributed by atoms with Gasteiger partial charge in [0.15, 0.2) is 5.78 Å². The van der Waals surface area contributed by atoms with Gasteiger partial charge in [-0.25, -0.2) is 0 Å². The predicted octanol–water partition coefficient (Wildman–Crippen LogP) is 3.25. The lowest BCUT2D eigenvalue weighted by Gasteiger charge is -2.38. The Hall–Kier alpha value is -2.70. The van der Waals surface area contributed by atoms with Crippen LogP contribution in [0.25, 0.3) is 0 Å². The van der Waals surface area contributed by atoms with Gasteiger partial charge in [0, 0.05) is 38.5 Å². The first-order valence-electron chi connectivity index (χ1n) is 9.86. The Morgan fingerprint density at radius 3 is 2.45 bits per heavy atom.